The van der Waals surface area contributed by atoms with Gasteiger partial charge in [-0.2, -0.15) is 4.98 Å². The molecule has 0 unspecified atom stereocenters. The molecule has 2 aromatic heterocycles. The standard InChI is InChI=1S/C24H28N6OS.C3H8O2/c1-15(10-11-25-3)13-26-24-27-16(2)21(23-29-19-6-4-5-7-20(19)32-23)22(30-24)28-18-9-8-17(12-18)14-31;1-3(2,4)5/h4-7,10-11,17-18,31H,1,3,8-9,12-14H2,2H3,(H2,26,27,28,30);4-5H,1-2H3/b11-10-;/t17-,18+;/m1./s1. The van der Waals surface area contributed by atoms with Crippen LogP contribution in [0.25, 0.3) is 20.8 Å². The van der Waals surface area contributed by atoms with Gasteiger partial charge >= 0.3 is 0 Å². The minimum Gasteiger partial charge on any atom is -0.396 e. The van der Waals surface area contributed by atoms with Gasteiger partial charge in [-0.05, 0) is 76.5 Å². The number of rotatable bonds is 9. The van der Waals surface area contributed by atoms with Crippen LogP contribution < -0.4 is 10.6 Å². The van der Waals surface area contributed by atoms with Crippen molar-refractivity contribution in [3.63, 3.8) is 0 Å². The zero-order valence-corrected chi connectivity index (χ0v) is 22.4. The van der Waals surface area contributed by atoms with Crippen molar-refractivity contribution in [2.24, 2.45) is 10.9 Å². The fourth-order valence-electron chi connectivity index (χ4n) is 3.97. The zero-order valence-electron chi connectivity index (χ0n) is 21.6. The summed E-state index contributed by atoms with van der Waals surface area (Å²) in [5.41, 5.74) is 3.61. The summed E-state index contributed by atoms with van der Waals surface area (Å²) in [7, 11) is 0. The van der Waals surface area contributed by atoms with Gasteiger partial charge in [-0.15, -0.1) is 11.3 Å². The van der Waals surface area contributed by atoms with Crippen LogP contribution in [0.5, 0.6) is 0 Å². The minimum atomic E-state index is -1.50. The Hall–Kier alpha value is -3.18. The van der Waals surface area contributed by atoms with E-state index in [1.54, 1.807) is 23.6 Å². The van der Waals surface area contributed by atoms with E-state index in [0.717, 1.165) is 57.1 Å². The maximum atomic E-state index is 9.54. The number of hydrogen-bond donors (Lipinski definition) is 5. The van der Waals surface area contributed by atoms with E-state index in [1.807, 2.05) is 25.1 Å². The van der Waals surface area contributed by atoms with Crippen LogP contribution in [0, 0.1) is 12.8 Å². The highest BCUT2D eigenvalue weighted by Gasteiger charge is 2.26. The molecule has 2 atom stereocenters. The molecule has 10 heteroatoms. The maximum absolute atomic E-state index is 9.54. The lowest BCUT2D eigenvalue weighted by Gasteiger charge is -2.18. The zero-order chi connectivity index (χ0) is 27.0. The van der Waals surface area contributed by atoms with Gasteiger partial charge in [0.2, 0.25) is 5.95 Å². The highest BCUT2D eigenvalue weighted by molar-refractivity contribution is 7.21. The molecule has 0 amide bonds. The number of thiazole rings is 1. The second-order valence-electron chi connectivity index (χ2n) is 9.55. The Morgan fingerprint density at radius 2 is 1.95 bits per heavy atom. The molecule has 0 spiro atoms. The lowest BCUT2D eigenvalue weighted by atomic mass is 10.1. The number of nitrogens with zero attached hydrogens (tertiary/aromatic N) is 4. The van der Waals surface area contributed by atoms with Crippen molar-refractivity contribution < 1.29 is 15.3 Å². The monoisotopic (exact) mass is 524 g/mol. The number of fused-ring (bicyclic) bond motifs is 1. The first-order chi connectivity index (χ1) is 17.6. The quantitative estimate of drug-likeness (QED) is 0.157. The summed E-state index contributed by atoms with van der Waals surface area (Å²) in [5, 5.41) is 33.5. The largest absolute Gasteiger partial charge is 0.396 e. The molecule has 1 saturated carbocycles. The third kappa shape index (κ3) is 8.71. The van der Waals surface area contributed by atoms with E-state index in [9.17, 15) is 5.11 Å². The number of nitrogens with one attached hydrogen (secondary N) is 2. The summed E-state index contributed by atoms with van der Waals surface area (Å²) in [6.45, 7) is 12.8. The molecule has 198 valence electrons. The number of aryl methyl sites for hydroxylation is 1. The molecule has 4 rings (SSSR count). The fourth-order valence-corrected chi connectivity index (χ4v) is 5.03. The second kappa shape index (κ2) is 12.9. The molecule has 5 N–H and O–H groups in total. The van der Waals surface area contributed by atoms with Crippen molar-refractivity contribution >= 4 is 40.0 Å². The van der Waals surface area contributed by atoms with Gasteiger partial charge in [-0.3, -0.25) is 4.99 Å². The molecule has 0 radical (unpaired) electrons. The van der Waals surface area contributed by atoms with E-state index in [-0.39, 0.29) is 12.6 Å². The molecule has 1 aliphatic rings. The van der Waals surface area contributed by atoms with E-state index in [1.165, 1.54) is 13.8 Å². The smallest absolute Gasteiger partial charge is 0.225 e. The van der Waals surface area contributed by atoms with Crippen LogP contribution in [0.15, 0.2) is 53.7 Å². The van der Waals surface area contributed by atoms with Crippen LogP contribution in [-0.4, -0.2) is 62.0 Å². The van der Waals surface area contributed by atoms with Crippen LogP contribution in [0.2, 0.25) is 0 Å². The molecule has 37 heavy (non-hydrogen) atoms. The van der Waals surface area contributed by atoms with Crippen molar-refractivity contribution in [3.05, 3.63) is 54.4 Å². The first-order valence-electron chi connectivity index (χ1n) is 12.2. The molecule has 1 fully saturated rings. The minimum absolute atomic E-state index is 0.230. The van der Waals surface area contributed by atoms with Crippen molar-refractivity contribution in [2.45, 2.75) is 51.9 Å². The van der Waals surface area contributed by atoms with Gasteiger partial charge < -0.3 is 26.0 Å². The van der Waals surface area contributed by atoms with Gasteiger partial charge in [0.05, 0.1) is 21.5 Å². The molecule has 3 aromatic rings. The number of anilines is 2. The number of aliphatic hydroxyl groups is 3. The van der Waals surface area contributed by atoms with E-state index in [0.29, 0.717) is 18.4 Å². The topological polar surface area (TPSA) is 136 Å². The third-order valence-corrected chi connectivity index (χ3v) is 6.68. The SMILES string of the molecule is C=N/C=C\C(=C)CNc1nc(C)c(-c2nc3ccccc3s2)c(N[C@H]2CC[C@@H](CO)C2)n1.CC(C)(O)O. The van der Waals surface area contributed by atoms with Crippen molar-refractivity contribution in [2.75, 3.05) is 23.8 Å². The van der Waals surface area contributed by atoms with Crippen molar-refractivity contribution in [1.82, 2.24) is 15.0 Å². The van der Waals surface area contributed by atoms with Crippen LogP contribution in [-0.2, 0) is 0 Å². The molecule has 0 bridgehead atoms. The molecule has 1 aromatic carbocycles. The van der Waals surface area contributed by atoms with Crippen LogP contribution in [0.1, 0.15) is 38.8 Å². The average Bonchev–Trinajstić information content (AvgIpc) is 3.46. The lowest BCUT2D eigenvalue weighted by Crippen LogP contribution is -2.19. The number of aliphatic imine (C=N–C) groups is 1. The molecule has 1 aliphatic carbocycles. The van der Waals surface area contributed by atoms with E-state index in [4.69, 9.17) is 25.2 Å². The summed E-state index contributed by atoms with van der Waals surface area (Å²) < 4.78 is 1.13. The molecule has 0 aliphatic heterocycles. The first-order valence-corrected chi connectivity index (χ1v) is 13.0. The Kier molecular flexibility index (Phi) is 9.87. The average molecular weight is 525 g/mol. The summed E-state index contributed by atoms with van der Waals surface area (Å²) in [6, 6.07) is 8.39. The van der Waals surface area contributed by atoms with Gasteiger partial charge in [0, 0.05) is 25.4 Å². The Morgan fingerprint density at radius 1 is 1.22 bits per heavy atom. The Bertz CT molecular complexity index is 1210. The van der Waals surface area contributed by atoms with Crippen LogP contribution in [0.3, 0.4) is 0 Å². The number of benzene rings is 1. The van der Waals surface area contributed by atoms with Crippen LogP contribution >= 0.6 is 11.3 Å². The molecule has 0 saturated heterocycles. The molecule has 9 nitrogen and oxygen atoms in total. The van der Waals surface area contributed by atoms with Gasteiger partial charge in [-0.25, -0.2) is 9.97 Å². The van der Waals surface area contributed by atoms with Crippen molar-refractivity contribution in [1.29, 1.82) is 0 Å². The Morgan fingerprint density at radius 3 is 2.59 bits per heavy atom. The van der Waals surface area contributed by atoms with E-state index >= 15 is 0 Å². The predicted molar refractivity (Wildman–Crippen MR) is 152 cm³/mol. The highest BCUT2D eigenvalue weighted by atomic mass is 32.1. The van der Waals surface area contributed by atoms with E-state index < -0.39 is 5.79 Å². The van der Waals surface area contributed by atoms with Gasteiger partial charge in [-0.1, -0.05) is 18.7 Å². The summed E-state index contributed by atoms with van der Waals surface area (Å²) in [4.78, 5) is 18.1. The number of aromatic nitrogens is 3. The van der Waals surface area contributed by atoms with Gasteiger partial charge in [0.25, 0.3) is 0 Å². The third-order valence-electron chi connectivity index (χ3n) is 5.63. The molecule has 2 heterocycles. The fraction of sp³-hybridized carbons (Fsp3) is 0.407. The van der Waals surface area contributed by atoms with Crippen molar-refractivity contribution in [3.8, 4) is 10.6 Å². The highest BCUT2D eigenvalue weighted by Crippen LogP contribution is 2.37. The predicted octanol–water partition coefficient (Wildman–Crippen LogP) is 4.52. The molecular weight excluding hydrogens is 488 g/mol. The second-order valence-corrected chi connectivity index (χ2v) is 10.6. The Balaban J connectivity index is 0.000000695. The summed E-state index contributed by atoms with van der Waals surface area (Å²) in [5.74, 6) is 0.150. The van der Waals surface area contributed by atoms with Gasteiger partial charge in [0.1, 0.15) is 10.8 Å². The number of aliphatic hydroxyl groups excluding tert-OH is 1. The summed E-state index contributed by atoms with van der Waals surface area (Å²) >= 11 is 1.64. The Labute approximate surface area is 221 Å². The summed E-state index contributed by atoms with van der Waals surface area (Å²) in [6.07, 6.45) is 6.36. The number of para-hydroxylation sites is 1. The normalized spacial score (nSPS) is 17.5. The maximum Gasteiger partial charge on any atom is 0.225 e. The van der Waals surface area contributed by atoms with E-state index in [2.05, 4.69) is 35.0 Å². The molecular formula is C27H36N6O3S. The number of hydrogen-bond acceptors (Lipinski definition) is 10. The van der Waals surface area contributed by atoms with Gasteiger partial charge in [0.15, 0.2) is 5.79 Å². The van der Waals surface area contributed by atoms with Crippen LogP contribution in [0.4, 0.5) is 11.8 Å². The lowest BCUT2D eigenvalue weighted by molar-refractivity contribution is -0.127. The first kappa shape index (κ1) is 28.4.